The first-order valence-corrected chi connectivity index (χ1v) is 5.71. The number of aromatic carboxylic acids is 1. The van der Waals surface area contributed by atoms with Gasteiger partial charge in [0.05, 0.1) is 17.4 Å². The lowest BCUT2D eigenvalue weighted by atomic mass is 10.2. The van der Waals surface area contributed by atoms with Crippen molar-refractivity contribution in [2.75, 3.05) is 5.32 Å². The molecule has 1 aromatic carbocycles. The van der Waals surface area contributed by atoms with Crippen LogP contribution in [-0.2, 0) is 0 Å². The molecule has 94 valence electrons. The minimum Gasteiger partial charge on any atom is -0.478 e. The van der Waals surface area contributed by atoms with E-state index in [0.29, 0.717) is 6.04 Å². The summed E-state index contributed by atoms with van der Waals surface area (Å²) in [6, 6.07) is 6.91. The molecule has 2 rings (SSSR count). The first-order chi connectivity index (χ1) is 8.56. The molecule has 5 nitrogen and oxygen atoms in total. The zero-order valence-corrected chi connectivity index (χ0v) is 10.3. The van der Waals surface area contributed by atoms with Crippen LogP contribution in [-0.4, -0.2) is 20.9 Å². The Bertz CT molecular complexity index is 544. The first kappa shape index (κ1) is 12.2. The number of nitrogens with zero attached hydrogens (tertiary/aromatic N) is 2. The highest BCUT2D eigenvalue weighted by atomic mass is 16.4. The van der Waals surface area contributed by atoms with Gasteiger partial charge in [0.15, 0.2) is 0 Å². The molecule has 0 aliphatic rings. The molecule has 18 heavy (non-hydrogen) atoms. The van der Waals surface area contributed by atoms with E-state index in [1.54, 1.807) is 30.5 Å². The van der Waals surface area contributed by atoms with Gasteiger partial charge in [-0.25, -0.2) is 4.79 Å². The zero-order chi connectivity index (χ0) is 13.1. The Morgan fingerprint density at radius 1 is 1.28 bits per heavy atom. The van der Waals surface area contributed by atoms with Crippen molar-refractivity contribution in [3.05, 3.63) is 42.2 Å². The summed E-state index contributed by atoms with van der Waals surface area (Å²) in [7, 11) is 0. The number of aromatic nitrogens is 2. The molecule has 0 unspecified atom stereocenters. The quantitative estimate of drug-likeness (QED) is 0.869. The van der Waals surface area contributed by atoms with Crippen molar-refractivity contribution in [3.8, 4) is 0 Å². The molecule has 1 aromatic heterocycles. The van der Waals surface area contributed by atoms with E-state index >= 15 is 0 Å². The van der Waals surface area contributed by atoms with Crippen molar-refractivity contribution in [1.29, 1.82) is 0 Å². The van der Waals surface area contributed by atoms with E-state index in [-0.39, 0.29) is 5.56 Å². The Kier molecular flexibility index (Phi) is 3.32. The Hall–Kier alpha value is -2.30. The number of hydrogen-bond donors (Lipinski definition) is 2. The highest BCUT2D eigenvalue weighted by Crippen LogP contribution is 2.17. The normalized spacial score (nSPS) is 10.6. The molecule has 5 heteroatoms. The predicted molar refractivity (Wildman–Crippen MR) is 69.3 cm³/mol. The van der Waals surface area contributed by atoms with Crippen LogP contribution in [0.3, 0.4) is 0 Å². The molecule has 0 aliphatic heterocycles. The molecule has 1 heterocycles. The summed E-state index contributed by atoms with van der Waals surface area (Å²) >= 11 is 0. The monoisotopic (exact) mass is 245 g/mol. The maximum absolute atomic E-state index is 10.7. The molecular weight excluding hydrogens is 230 g/mol. The number of benzene rings is 1. The Balaban J connectivity index is 2.10. The number of carboxylic acids is 1. The number of hydrogen-bond acceptors (Lipinski definition) is 3. The van der Waals surface area contributed by atoms with E-state index < -0.39 is 5.97 Å². The Morgan fingerprint density at radius 3 is 2.44 bits per heavy atom. The number of nitrogens with one attached hydrogen (secondary N) is 1. The minimum atomic E-state index is -0.922. The van der Waals surface area contributed by atoms with Crippen LogP contribution in [0.1, 0.15) is 30.2 Å². The lowest BCUT2D eigenvalue weighted by Gasteiger charge is -2.05. The van der Waals surface area contributed by atoms with Crippen LogP contribution in [0.4, 0.5) is 11.4 Å². The molecule has 0 amide bonds. The predicted octanol–water partition coefficient (Wildman–Crippen LogP) is 2.91. The molecule has 0 fully saturated rings. The van der Waals surface area contributed by atoms with Crippen molar-refractivity contribution < 1.29 is 9.90 Å². The molecule has 2 aromatic rings. The van der Waals surface area contributed by atoms with E-state index in [4.69, 9.17) is 5.11 Å². The van der Waals surface area contributed by atoms with Crippen molar-refractivity contribution >= 4 is 17.3 Å². The largest absolute Gasteiger partial charge is 0.478 e. The topological polar surface area (TPSA) is 67.2 Å². The van der Waals surface area contributed by atoms with Gasteiger partial charge >= 0.3 is 5.97 Å². The standard InChI is InChI=1S/C13H15N3O2/c1-9(2)16-8-12(7-14-16)15-11-5-3-10(4-6-11)13(17)18/h3-9,15H,1-2H3,(H,17,18). The fourth-order valence-electron chi connectivity index (χ4n) is 1.55. The van der Waals surface area contributed by atoms with E-state index in [0.717, 1.165) is 11.4 Å². The molecule has 2 N–H and O–H groups in total. The zero-order valence-electron chi connectivity index (χ0n) is 10.3. The molecule has 0 saturated heterocycles. The van der Waals surface area contributed by atoms with Gasteiger partial charge in [0.2, 0.25) is 0 Å². The summed E-state index contributed by atoms with van der Waals surface area (Å²) in [6.45, 7) is 4.11. The lowest BCUT2D eigenvalue weighted by Crippen LogP contribution is -2.00. The van der Waals surface area contributed by atoms with Crippen molar-refractivity contribution in [3.63, 3.8) is 0 Å². The van der Waals surface area contributed by atoms with Gasteiger partial charge in [-0.15, -0.1) is 0 Å². The third-order valence-corrected chi connectivity index (χ3v) is 2.55. The van der Waals surface area contributed by atoms with Crippen LogP contribution in [0.5, 0.6) is 0 Å². The highest BCUT2D eigenvalue weighted by Gasteiger charge is 2.04. The van der Waals surface area contributed by atoms with Gasteiger partial charge in [-0.1, -0.05) is 0 Å². The fourth-order valence-corrected chi connectivity index (χ4v) is 1.55. The SMILES string of the molecule is CC(C)n1cc(Nc2ccc(C(=O)O)cc2)cn1. The maximum Gasteiger partial charge on any atom is 0.335 e. The number of carbonyl (C=O) groups is 1. The van der Waals surface area contributed by atoms with Crippen LogP contribution >= 0.6 is 0 Å². The van der Waals surface area contributed by atoms with Crippen molar-refractivity contribution in [1.82, 2.24) is 9.78 Å². The average molecular weight is 245 g/mol. The third kappa shape index (κ3) is 2.68. The molecule has 0 bridgehead atoms. The van der Waals surface area contributed by atoms with Crippen molar-refractivity contribution in [2.24, 2.45) is 0 Å². The van der Waals surface area contributed by atoms with Gasteiger partial charge in [0.1, 0.15) is 0 Å². The van der Waals surface area contributed by atoms with E-state index in [1.807, 2.05) is 10.9 Å². The second-order valence-electron chi connectivity index (χ2n) is 4.31. The summed E-state index contributed by atoms with van der Waals surface area (Å²) in [5, 5.41) is 16.2. The van der Waals surface area contributed by atoms with E-state index in [1.165, 1.54) is 0 Å². The Morgan fingerprint density at radius 2 is 1.94 bits per heavy atom. The number of rotatable bonds is 4. The molecule has 0 spiro atoms. The minimum absolute atomic E-state index is 0.276. The summed E-state index contributed by atoms with van der Waals surface area (Å²) < 4.78 is 1.86. The second-order valence-corrected chi connectivity index (χ2v) is 4.31. The van der Waals surface area contributed by atoms with Crippen molar-refractivity contribution in [2.45, 2.75) is 19.9 Å². The van der Waals surface area contributed by atoms with Gasteiger partial charge < -0.3 is 10.4 Å². The van der Waals surface area contributed by atoms with Gasteiger partial charge in [-0.05, 0) is 38.1 Å². The summed E-state index contributed by atoms with van der Waals surface area (Å²) in [6.07, 6.45) is 3.65. The van der Waals surface area contributed by atoms with E-state index in [2.05, 4.69) is 24.3 Å². The van der Waals surface area contributed by atoms with E-state index in [9.17, 15) is 4.79 Å². The molecule has 0 radical (unpaired) electrons. The highest BCUT2D eigenvalue weighted by molar-refractivity contribution is 5.88. The summed E-state index contributed by atoms with van der Waals surface area (Å²) in [4.78, 5) is 10.7. The molecular formula is C13H15N3O2. The third-order valence-electron chi connectivity index (χ3n) is 2.55. The molecule has 0 saturated carbocycles. The average Bonchev–Trinajstić information content (AvgIpc) is 2.78. The Labute approximate surface area is 105 Å². The lowest BCUT2D eigenvalue weighted by molar-refractivity contribution is 0.0697. The second kappa shape index (κ2) is 4.91. The van der Waals surface area contributed by atoms with Gasteiger partial charge in [0.25, 0.3) is 0 Å². The number of carboxylic acid groups (broad SMARTS) is 1. The molecule has 0 aliphatic carbocycles. The maximum atomic E-state index is 10.7. The summed E-state index contributed by atoms with van der Waals surface area (Å²) in [5.41, 5.74) is 1.99. The smallest absolute Gasteiger partial charge is 0.335 e. The first-order valence-electron chi connectivity index (χ1n) is 5.71. The summed E-state index contributed by atoms with van der Waals surface area (Å²) in [5.74, 6) is -0.922. The van der Waals surface area contributed by atoms with Crippen LogP contribution in [0.2, 0.25) is 0 Å². The van der Waals surface area contributed by atoms with Crippen LogP contribution in [0, 0.1) is 0 Å². The van der Waals surface area contributed by atoms with Gasteiger partial charge in [-0.2, -0.15) is 5.10 Å². The number of anilines is 2. The fraction of sp³-hybridized carbons (Fsp3) is 0.231. The van der Waals surface area contributed by atoms with Crippen LogP contribution < -0.4 is 5.32 Å². The molecule has 0 atom stereocenters. The van der Waals surface area contributed by atoms with Gasteiger partial charge in [0, 0.05) is 17.9 Å². The van der Waals surface area contributed by atoms with Gasteiger partial charge in [-0.3, -0.25) is 4.68 Å². The van der Waals surface area contributed by atoms with Crippen LogP contribution in [0.15, 0.2) is 36.7 Å². The van der Waals surface area contributed by atoms with Crippen LogP contribution in [0.25, 0.3) is 0 Å².